The molecule has 5 rings (SSSR count). The monoisotopic (exact) mass is 582 g/mol. The van der Waals surface area contributed by atoms with Gasteiger partial charge in [-0.1, -0.05) is 6.07 Å². The van der Waals surface area contributed by atoms with Crippen LogP contribution in [0.4, 0.5) is 8.78 Å². The molecule has 2 fully saturated rings. The Morgan fingerprint density at radius 1 is 1.02 bits per heavy atom. The van der Waals surface area contributed by atoms with Crippen LogP contribution in [0.1, 0.15) is 87.6 Å². The van der Waals surface area contributed by atoms with E-state index in [9.17, 15) is 18.4 Å². The summed E-state index contributed by atoms with van der Waals surface area (Å²) in [5.41, 5.74) is 2.44. The Hall–Kier alpha value is -2.91. The fourth-order valence-electron chi connectivity index (χ4n) is 7.01. The highest BCUT2D eigenvalue weighted by molar-refractivity contribution is 5.83. The predicted octanol–water partition coefficient (Wildman–Crippen LogP) is 5.15. The molecule has 42 heavy (non-hydrogen) atoms. The van der Waals surface area contributed by atoms with Gasteiger partial charge in [0, 0.05) is 62.0 Å². The van der Waals surface area contributed by atoms with Crippen LogP contribution in [0.15, 0.2) is 24.3 Å². The van der Waals surface area contributed by atoms with Crippen molar-refractivity contribution >= 4 is 11.8 Å². The molecule has 228 valence electrons. The van der Waals surface area contributed by atoms with E-state index in [0.717, 1.165) is 28.6 Å². The summed E-state index contributed by atoms with van der Waals surface area (Å²) in [6.45, 7) is 16.0. The highest BCUT2D eigenvalue weighted by atomic mass is 19.1. The van der Waals surface area contributed by atoms with Crippen molar-refractivity contribution in [1.29, 1.82) is 0 Å². The highest BCUT2D eigenvalue weighted by Crippen LogP contribution is 2.54. The van der Waals surface area contributed by atoms with Crippen LogP contribution in [-0.2, 0) is 19.9 Å². The quantitative estimate of drug-likeness (QED) is 0.540. The largest absolute Gasteiger partial charge is 0.359 e. The molecule has 1 aromatic heterocycles. The Morgan fingerprint density at radius 2 is 1.69 bits per heavy atom. The number of rotatable bonds is 4. The molecular weight excluding hydrogens is 538 g/mol. The van der Waals surface area contributed by atoms with Gasteiger partial charge in [0.05, 0.1) is 23.1 Å². The zero-order valence-corrected chi connectivity index (χ0v) is 26.1. The van der Waals surface area contributed by atoms with Crippen LogP contribution in [0.3, 0.4) is 0 Å². The number of fused-ring (bicyclic) bond motifs is 2. The molecule has 3 atom stereocenters. The smallest absolute Gasteiger partial charge is 0.228 e. The number of amides is 2. The lowest BCUT2D eigenvalue weighted by molar-refractivity contribution is -0.165. The van der Waals surface area contributed by atoms with E-state index in [-0.39, 0.29) is 23.3 Å². The van der Waals surface area contributed by atoms with Gasteiger partial charge >= 0.3 is 0 Å². The summed E-state index contributed by atoms with van der Waals surface area (Å²) in [6, 6.07) is 5.76. The number of hydrogen-bond acceptors (Lipinski definition) is 5. The molecular formula is C33H44F2N4O3. The van der Waals surface area contributed by atoms with Crippen molar-refractivity contribution < 1.29 is 23.1 Å². The van der Waals surface area contributed by atoms with Gasteiger partial charge in [-0.25, -0.2) is 8.78 Å². The number of hydrogen-bond donors (Lipinski definition) is 1. The molecule has 0 aliphatic carbocycles. The van der Waals surface area contributed by atoms with Crippen LogP contribution < -0.4 is 5.32 Å². The highest BCUT2D eigenvalue weighted by Gasteiger charge is 2.55. The maximum Gasteiger partial charge on any atom is 0.228 e. The van der Waals surface area contributed by atoms with Gasteiger partial charge in [-0.3, -0.25) is 19.5 Å². The minimum absolute atomic E-state index is 0.0150. The first kappa shape index (κ1) is 30.5. The Morgan fingerprint density at radius 3 is 2.29 bits per heavy atom. The Kier molecular flexibility index (Phi) is 7.76. The average molecular weight is 583 g/mol. The molecule has 2 saturated heterocycles. The molecule has 0 radical (unpaired) electrons. The number of pyridine rings is 1. The van der Waals surface area contributed by atoms with E-state index in [1.165, 1.54) is 12.1 Å². The van der Waals surface area contributed by atoms with Gasteiger partial charge in [0.1, 0.15) is 17.2 Å². The lowest BCUT2D eigenvalue weighted by atomic mass is 9.80. The maximum atomic E-state index is 15.0. The summed E-state index contributed by atoms with van der Waals surface area (Å²) in [5, 5.41) is 2.78. The van der Waals surface area contributed by atoms with Gasteiger partial charge in [-0.05, 0) is 84.6 Å². The zero-order chi connectivity index (χ0) is 30.8. The summed E-state index contributed by atoms with van der Waals surface area (Å²) in [7, 11) is 1.63. The Labute approximate surface area is 248 Å². The Bertz CT molecular complexity index is 1390. The summed E-state index contributed by atoms with van der Waals surface area (Å²) in [6.07, 6.45) is 0.627. The van der Waals surface area contributed by atoms with Crippen LogP contribution in [-0.4, -0.2) is 65.4 Å². The summed E-state index contributed by atoms with van der Waals surface area (Å²) < 4.78 is 35.6. The van der Waals surface area contributed by atoms with Crippen LogP contribution in [0.5, 0.6) is 0 Å². The van der Waals surface area contributed by atoms with Gasteiger partial charge in [-0.2, -0.15) is 0 Å². The second-order valence-corrected chi connectivity index (χ2v) is 13.9. The third-order valence-electron chi connectivity index (χ3n) is 9.85. The van der Waals surface area contributed by atoms with Crippen LogP contribution >= 0.6 is 0 Å². The number of nitrogens with one attached hydrogen (secondary N) is 1. The zero-order valence-electron chi connectivity index (χ0n) is 26.1. The normalized spacial score (nSPS) is 24.2. The fourth-order valence-corrected chi connectivity index (χ4v) is 7.01. The maximum absolute atomic E-state index is 15.0. The molecule has 0 bridgehead atoms. The van der Waals surface area contributed by atoms with E-state index in [4.69, 9.17) is 9.72 Å². The Balaban J connectivity index is 1.41. The van der Waals surface area contributed by atoms with Gasteiger partial charge in [-0.15, -0.1) is 0 Å². The topological polar surface area (TPSA) is 74.8 Å². The molecule has 1 unspecified atom stereocenters. The lowest BCUT2D eigenvalue weighted by Crippen LogP contribution is -2.49. The molecule has 7 nitrogen and oxygen atoms in total. The number of likely N-dealkylation sites (tertiary alicyclic amines) is 2. The van der Waals surface area contributed by atoms with E-state index in [2.05, 4.69) is 37.1 Å². The molecule has 0 saturated carbocycles. The minimum Gasteiger partial charge on any atom is -0.359 e. The van der Waals surface area contributed by atoms with E-state index >= 15 is 0 Å². The number of aryl methyl sites for hydroxylation is 2. The predicted molar refractivity (Wildman–Crippen MR) is 157 cm³/mol. The van der Waals surface area contributed by atoms with Gasteiger partial charge in [0.2, 0.25) is 11.8 Å². The first-order chi connectivity index (χ1) is 19.6. The third kappa shape index (κ3) is 5.12. The van der Waals surface area contributed by atoms with Gasteiger partial charge < -0.3 is 15.0 Å². The standard InChI is InChI=1S/C33H44F2N4O3/c1-19-15-23-27(37-20(19)2)33(42-28(23)32(6,7)30(41)36-8)11-13-38(14-12-33)29(40)25-18-39(31(3,4)5)17-24(25)22-10-9-21(34)16-26(22)35/h9-10,15-16,24-25,28H,11-14,17-18H2,1-8H3,(H,36,41)/t24-,25+,28?/m0/s1. The molecule has 1 N–H and O–H groups in total. The lowest BCUT2D eigenvalue weighted by Gasteiger charge is -2.41. The van der Waals surface area contributed by atoms with Crippen molar-refractivity contribution in [2.75, 3.05) is 33.2 Å². The van der Waals surface area contributed by atoms with Crippen LogP contribution in [0, 0.1) is 36.8 Å². The number of halogens is 2. The molecule has 1 aromatic carbocycles. The van der Waals surface area contributed by atoms with E-state index in [1.54, 1.807) is 7.05 Å². The second kappa shape index (κ2) is 10.7. The molecule has 3 aliphatic heterocycles. The molecule has 9 heteroatoms. The first-order valence-electron chi connectivity index (χ1n) is 15.0. The number of carbonyl (C=O) groups is 2. The number of carbonyl (C=O) groups excluding carboxylic acids is 2. The molecule has 3 aliphatic rings. The van der Waals surface area contributed by atoms with Crippen molar-refractivity contribution in [1.82, 2.24) is 20.1 Å². The van der Waals surface area contributed by atoms with Crippen molar-refractivity contribution in [2.24, 2.45) is 11.3 Å². The van der Waals surface area contributed by atoms with Gasteiger partial charge in [0.25, 0.3) is 0 Å². The number of benzene rings is 1. The van der Waals surface area contributed by atoms with Crippen molar-refractivity contribution in [2.45, 2.75) is 84.5 Å². The number of piperidine rings is 1. The van der Waals surface area contributed by atoms with Crippen LogP contribution in [0.2, 0.25) is 0 Å². The summed E-state index contributed by atoms with van der Waals surface area (Å²) in [4.78, 5) is 36.1. The summed E-state index contributed by atoms with van der Waals surface area (Å²) in [5.74, 6) is -2.17. The van der Waals surface area contributed by atoms with Crippen molar-refractivity contribution in [3.63, 3.8) is 0 Å². The molecule has 2 amide bonds. The first-order valence-corrected chi connectivity index (χ1v) is 15.0. The fraction of sp³-hybridized carbons (Fsp3) is 0.606. The van der Waals surface area contributed by atoms with Gasteiger partial charge in [0.15, 0.2) is 0 Å². The number of aromatic nitrogens is 1. The van der Waals surface area contributed by atoms with Crippen molar-refractivity contribution in [3.05, 3.63) is 64.0 Å². The minimum atomic E-state index is -0.823. The van der Waals surface area contributed by atoms with Crippen LogP contribution in [0.25, 0.3) is 0 Å². The number of nitrogens with zero attached hydrogens (tertiary/aromatic N) is 3. The summed E-state index contributed by atoms with van der Waals surface area (Å²) >= 11 is 0. The van der Waals surface area contributed by atoms with E-state index in [1.807, 2.05) is 32.6 Å². The molecule has 1 spiro atoms. The second-order valence-electron chi connectivity index (χ2n) is 13.9. The average Bonchev–Trinajstić information content (AvgIpc) is 3.50. The van der Waals surface area contributed by atoms with Crippen molar-refractivity contribution in [3.8, 4) is 0 Å². The van der Waals surface area contributed by atoms with E-state index in [0.29, 0.717) is 44.6 Å². The molecule has 2 aromatic rings. The molecule has 4 heterocycles. The number of ether oxygens (including phenoxy) is 1. The van der Waals surface area contributed by atoms with E-state index < -0.39 is 34.7 Å². The third-order valence-corrected chi connectivity index (χ3v) is 9.85. The SMILES string of the molecule is CNC(=O)C(C)(C)C1OC2(CCN(C(=O)[C@@H]3CN(C(C)(C)C)C[C@H]3c3ccc(F)cc3F)CC2)c2nc(C)c(C)cc21.